The van der Waals surface area contributed by atoms with Crippen LogP contribution in [0.2, 0.25) is 0 Å². The van der Waals surface area contributed by atoms with Gasteiger partial charge in [-0.1, -0.05) is 32.0 Å². The predicted octanol–water partition coefficient (Wildman–Crippen LogP) is 3.30. The topological polar surface area (TPSA) is 89.3 Å². The van der Waals surface area contributed by atoms with Crippen molar-refractivity contribution < 1.29 is 14.2 Å². The van der Waals surface area contributed by atoms with E-state index >= 15 is 0 Å². The number of methoxy groups -OCH3 is 1. The zero-order chi connectivity index (χ0) is 17.6. The van der Waals surface area contributed by atoms with Crippen LogP contribution >= 0.6 is 0 Å². The monoisotopic (exact) mass is 340 g/mol. The number of carbonyl (C=O) groups excluding carboxylic acids is 1. The maximum atomic E-state index is 13.0. The third-order valence-corrected chi connectivity index (χ3v) is 4.70. The van der Waals surface area contributed by atoms with Gasteiger partial charge in [0.1, 0.15) is 5.75 Å². The van der Waals surface area contributed by atoms with Crippen molar-refractivity contribution in [3.8, 4) is 5.75 Å². The van der Waals surface area contributed by atoms with E-state index in [1.165, 1.54) is 0 Å². The second kappa shape index (κ2) is 5.61. The van der Waals surface area contributed by atoms with E-state index < -0.39 is 0 Å². The number of hydrogen-bond acceptors (Lipinski definition) is 7. The average Bonchev–Trinajstić information content (AvgIpc) is 2.93. The fraction of sp³-hybridized carbons (Fsp3) is 0.389. The third kappa shape index (κ3) is 2.65. The van der Waals surface area contributed by atoms with Gasteiger partial charge in [0.15, 0.2) is 5.78 Å². The summed E-state index contributed by atoms with van der Waals surface area (Å²) in [6, 6.07) is 7.29. The Morgan fingerprint density at radius 3 is 2.76 bits per heavy atom. The van der Waals surface area contributed by atoms with Crippen LogP contribution in [0.15, 0.2) is 40.2 Å². The molecule has 4 rings (SSSR count). The molecule has 0 fully saturated rings. The summed E-state index contributed by atoms with van der Waals surface area (Å²) in [5.74, 6) is 1.81. The summed E-state index contributed by atoms with van der Waals surface area (Å²) >= 11 is 0. The summed E-state index contributed by atoms with van der Waals surface area (Å²) in [5, 5.41) is 14.4. The maximum Gasteiger partial charge on any atom is 0.219 e. The van der Waals surface area contributed by atoms with E-state index in [4.69, 9.17) is 9.37 Å². The van der Waals surface area contributed by atoms with Crippen LogP contribution in [0.3, 0.4) is 0 Å². The number of ketones is 1. The lowest BCUT2D eigenvalue weighted by Gasteiger charge is -2.34. The van der Waals surface area contributed by atoms with Crippen LogP contribution < -0.4 is 15.4 Å². The van der Waals surface area contributed by atoms with Gasteiger partial charge in [-0.3, -0.25) is 4.79 Å². The first-order valence-corrected chi connectivity index (χ1v) is 8.24. The number of nitrogens with zero attached hydrogens (tertiary/aromatic N) is 2. The van der Waals surface area contributed by atoms with Gasteiger partial charge in [0.05, 0.1) is 13.2 Å². The molecule has 2 heterocycles. The summed E-state index contributed by atoms with van der Waals surface area (Å²) in [5.41, 5.74) is 2.33. The molecule has 2 aromatic rings. The minimum atomic E-state index is -0.379. The zero-order valence-electron chi connectivity index (χ0n) is 14.4. The molecular weight excluding hydrogens is 320 g/mol. The Morgan fingerprint density at radius 2 is 1.96 bits per heavy atom. The highest BCUT2D eigenvalue weighted by Crippen LogP contribution is 2.45. The predicted molar refractivity (Wildman–Crippen MR) is 92.3 cm³/mol. The summed E-state index contributed by atoms with van der Waals surface area (Å²) in [6.45, 7) is 4.18. The highest BCUT2D eigenvalue weighted by molar-refractivity contribution is 6.00. The number of Topliss-reactive ketones (excluding diaryl/α,β-unsaturated/α-hetero) is 1. The molecule has 0 saturated heterocycles. The van der Waals surface area contributed by atoms with Gasteiger partial charge in [0.2, 0.25) is 11.6 Å². The van der Waals surface area contributed by atoms with Crippen molar-refractivity contribution in [1.82, 2.24) is 10.3 Å². The Balaban J connectivity index is 1.90. The van der Waals surface area contributed by atoms with Crippen LogP contribution in [0.25, 0.3) is 0 Å². The Hall–Kier alpha value is -2.83. The Morgan fingerprint density at radius 1 is 1.20 bits per heavy atom. The van der Waals surface area contributed by atoms with Crippen LogP contribution in [-0.2, 0) is 4.79 Å². The van der Waals surface area contributed by atoms with Gasteiger partial charge in [-0.2, -0.15) is 0 Å². The SMILES string of the molecule is COc1ccccc1[C@H]1Nc2nonc2NC2=C1C(=O)CC(C)(C)C2. The first-order chi connectivity index (χ1) is 12.0. The number of allylic oxidation sites excluding steroid dienone is 1. The van der Waals surface area contributed by atoms with Crippen molar-refractivity contribution in [3.63, 3.8) is 0 Å². The Bertz CT molecular complexity index is 869. The highest BCUT2D eigenvalue weighted by atomic mass is 16.6. The molecule has 0 radical (unpaired) electrons. The minimum absolute atomic E-state index is 0.115. The molecule has 1 aromatic carbocycles. The molecule has 130 valence electrons. The normalized spacial score (nSPS) is 21.6. The van der Waals surface area contributed by atoms with Crippen LogP contribution in [0.1, 0.15) is 38.3 Å². The van der Waals surface area contributed by atoms with E-state index in [-0.39, 0.29) is 17.2 Å². The van der Waals surface area contributed by atoms with Gasteiger partial charge in [0, 0.05) is 23.3 Å². The molecule has 0 bridgehead atoms. The molecule has 7 heteroatoms. The second-order valence-electron chi connectivity index (χ2n) is 7.24. The summed E-state index contributed by atoms with van der Waals surface area (Å²) in [6.07, 6.45) is 1.24. The molecule has 2 N–H and O–H groups in total. The van der Waals surface area contributed by atoms with Crippen LogP contribution in [0.4, 0.5) is 11.6 Å². The van der Waals surface area contributed by atoms with E-state index in [1.54, 1.807) is 7.11 Å². The number of rotatable bonds is 2. The lowest BCUT2D eigenvalue weighted by Crippen LogP contribution is -2.31. The number of aromatic nitrogens is 2. The fourth-order valence-electron chi connectivity index (χ4n) is 3.64. The molecule has 1 atom stereocenters. The maximum absolute atomic E-state index is 13.0. The van der Waals surface area contributed by atoms with Crippen molar-refractivity contribution in [2.75, 3.05) is 17.7 Å². The number of fused-ring (bicyclic) bond motifs is 1. The van der Waals surface area contributed by atoms with Crippen LogP contribution in [0, 0.1) is 5.41 Å². The smallest absolute Gasteiger partial charge is 0.219 e. The van der Waals surface area contributed by atoms with Gasteiger partial charge in [-0.25, -0.2) is 4.63 Å². The lowest BCUT2D eigenvalue weighted by molar-refractivity contribution is -0.118. The molecule has 2 aliphatic rings. The number of carbonyl (C=O) groups is 1. The molecule has 1 aliphatic heterocycles. The lowest BCUT2D eigenvalue weighted by atomic mass is 9.73. The van der Waals surface area contributed by atoms with Crippen molar-refractivity contribution in [1.29, 1.82) is 0 Å². The number of anilines is 2. The number of ether oxygens (including phenoxy) is 1. The minimum Gasteiger partial charge on any atom is -0.496 e. The molecular formula is C18H20N4O3. The summed E-state index contributed by atoms with van der Waals surface area (Å²) in [4.78, 5) is 13.0. The number of nitrogens with one attached hydrogen (secondary N) is 2. The third-order valence-electron chi connectivity index (χ3n) is 4.70. The number of para-hydroxylation sites is 1. The van der Waals surface area contributed by atoms with Gasteiger partial charge < -0.3 is 15.4 Å². The van der Waals surface area contributed by atoms with Gasteiger partial charge in [-0.15, -0.1) is 0 Å². The number of hydrogen-bond donors (Lipinski definition) is 2. The summed E-state index contributed by atoms with van der Waals surface area (Å²) in [7, 11) is 1.62. The second-order valence-corrected chi connectivity index (χ2v) is 7.24. The quantitative estimate of drug-likeness (QED) is 0.867. The summed E-state index contributed by atoms with van der Waals surface area (Å²) < 4.78 is 10.4. The molecule has 1 aromatic heterocycles. The van der Waals surface area contributed by atoms with Crippen molar-refractivity contribution >= 4 is 17.4 Å². The van der Waals surface area contributed by atoms with Gasteiger partial charge in [-0.05, 0) is 28.2 Å². The molecule has 7 nitrogen and oxygen atoms in total. The highest BCUT2D eigenvalue weighted by Gasteiger charge is 2.40. The van der Waals surface area contributed by atoms with E-state index in [0.29, 0.717) is 29.4 Å². The van der Waals surface area contributed by atoms with Crippen molar-refractivity contribution in [3.05, 3.63) is 41.1 Å². The molecule has 0 amide bonds. The van der Waals surface area contributed by atoms with E-state index in [0.717, 1.165) is 17.7 Å². The molecule has 0 unspecified atom stereocenters. The fourth-order valence-corrected chi connectivity index (χ4v) is 3.64. The van der Waals surface area contributed by atoms with E-state index in [9.17, 15) is 4.79 Å². The van der Waals surface area contributed by atoms with Gasteiger partial charge >= 0.3 is 0 Å². The molecule has 25 heavy (non-hydrogen) atoms. The molecule has 1 aliphatic carbocycles. The Labute approximate surface area is 145 Å². The van der Waals surface area contributed by atoms with E-state index in [2.05, 4.69) is 34.8 Å². The van der Waals surface area contributed by atoms with E-state index in [1.807, 2.05) is 24.3 Å². The van der Waals surface area contributed by atoms with Crippen molar-refractivity contribution in [2.45, 2.75) is 32.7 Å². The van der Waals surface area contributed by atoms with Crippen LogP contribution in [0.5, 0.6) is 5.75 Å². The molecule has 0 saturated carbocycles. The first kappa shape index (κ1) is 15.7. The van der Waals surface area contributed by atoms with Gasteiger partial charge in [0.25, 0.3) is 0 Å². The number of benzene rings is 1. The Kier molecular flexibility index (Phi) is 3.52. The molecule has 0 spiro atoms. The first-order valence-electron chi connectivity index (χ1n) is 8.24. The average molecular weight is 340 g/mol. The zero-order valence-corrected chi connectivity index (χ0v) is 14.4. The van der Waals surface area contributed by atoms with Crippen molar-refractivity contribution in [2.24, 2.45) is 5.41 Å². The largest absolute Gasteiger partial charge is 0.496 e. The van der Waals surface area contributed by atoms with Crippen LogP contribution in [-0.4, -0.2) is 23.2 Å². The standard InChI is InChI=1S/C18H20N4O3/c1-18(2)8-11-14(12(23)9-18)15(10-6-4-5-7-13(10)24-3)20-17-16(19-11)21-25-22-17/h4-7,15H,8-9H2,1-3H3,(H,19,21)(H,20,22)/t15-/m1/s1.